The molecule has 0 unspecified atom stereocenters. The number of nitrogens with zero attached hydrogens (tertiary/aromatic N) is 2. The van der Waals surface area contributed by atoms with Crippen LogP contribution in [0.5, 0.6) is 0 Å². The quantitative estimate of drug-likeness (QED) is 0.816. The molecule has 0 atom stereocenters. The van der Waals surface area contributed by atoms with E-state index in [1.165, 1.54) is 4.90 Å². The molecule has 0 aliphatic carbocycles. The van der Waals surface area contributed by atoms with E-state index in [1.807, 2.05) is 0 Å². The third-order valence-corrected chi connectivity index (χ3v) is 2.85. The summed E-state index contributed by atoms with van der Waals surface area (Å²) in [4.78, 5) is 16.2. The number of rotatable bonds is 5. The fraction of sp³-hybridized carbons (Fsp3) is 0.143. The molecule has 0 fully saturated rings. The van der Waals surface area contributed by atoms with Crippen molar-refractivity contribution in [2.45, 2.75) is 6.54 Å². The normalized spacial score (nSPS) is 10.4. The number of nitrogens with two attached hydrogens (primary N) is 2. The van der Waals surface area contributed by atoms with E-state index in [9.17, 15) is 13.6 Å². The summed E-state index contributed by atoms with van der Waals surface area (Å²) in [5.41, 5.74) is 12.2. The maximum Gasteiger partial charge on any atom is 0.237 e. The van der Waals surface area contributed by atoms with Gasteiger partial charge in [0.25, 0.3) is 0 Å². The molecular weight excluding hydrogens is 278 g/mol. The lowest BCUT2D eigenvalue weighted by molar-refractivity contribution is -0.116. The minimum Gasteiger partial charge on any atom is -0.398 e. The van der Waals surface area contributed by atoms with Crippen molar-refractivity contribution in [3.8, 4) is 0 Å². The van der Waals surface area contributed by atoms with Crippen molar-refractivity contribution < 1.29 is 13.6 Å². The van der Waals surface area contributed by atoms with Gasteiger partial charge < -0.3 is 16.4 Å². The van der Waals surface area contributed by atoms with Crippen LogP contribution < -0.4 is 16.4 Å². The summed E-state index contributed by atoms with van der Waals surface area (Å²) < 4.78 is 26.8. The van der Waals surface area contributed by atoms with E-state index < -0.39 is 17.5 Å². The van der Waals surface area contributed by atoms with E-state index in [4.69, 9.17) is 11.5 Å². The van der Waals surface area contributed by atoms with Gasteiger partial charge in [-0.25, -0.2) is 13.8 Å². The third kappa shape index (κ3) is 3.65. The smallest absolute Gasteiger partial charge is 0.237 e. The number of amides is 1. The summed E-state index contributed by atoms with van der Waals surface area (Å²) in [5.74, 6) is -2.48. The van der Waals surface area contributed by atoms with Gasteiger partial charge in [0.2, 0.25) is 5.91 Å². The van der Waals surface area contributed by atoms with E-state index in [0.717, 1.165) is 6.20 Å². The van der Waals surface area contributed by atoms with Gasteiger partial charge in [0.1, 0.15) is 5.82 Å². The maximum atomic E-state index is 13.8. The summed E-state index contributed by atoms with van der Waals surface area (Å²) in [6, 6.07) is 7.65. The van der Waals surface area contributed by atoms with Crippen LogP contribution in [-0.4, -0.2) is 17.4 Å². The molecule has 0 bridgehead atoms. The summed E-state index contributed by atoms with van der Waals surface area (Å²) in [6.07, 6.45) is 0.876. The van der Waals surface area contributed by atoms with Gasteiger partial charge in [0, 0.05) is 18.3 Å². The SMILES string of the molecule is NC(=O)CN(Cc1ccccc1N)c1ncc(F)cc1F. The second-order valence-corrected chi connectivity index (χ2v) is 4.48. The fourth-order valence-corrected chi connectivity index (χ4v) is 1.92. The Bertz CT molecular complexity index is 663. The molecule has 0 aliphatic heterocycles. The molecule has 1 amide bonds. The van der Waals surface area contributed by atoms with Crippen molar-refractivity contribution in [3.05, 3.63) is 53.7 Å². The summed E-state index contributed by atoms with van der Waals surface area (Å²) >= 11 is 0. The van der Waals surface area contributed by atoms with Crippen LogP contribution >= 0.6 is 0 Å². The third-order valence-electron chi connectivity index (χ3n) is 2.85. The molecule has 4 N–H and O–H groups in total. The number of aromatic nitrogens is 1. The van der Waals surface area contributed by atoms with Gasteiger partial charge in [-0.15, -0.1) is 0 Å². The number of carbonyl (C=O) groups is 1. The Morgan fingerprint density at radius 3 is 2.62 bits per heavy atom. The Morgan fingerprint density at radius 1 is 1.29 bits per heavy atom. The Kier molecular flexibility index (Phi) is 4.32. The monoisotopic (exact) mass is 292 g/mol. The Balaban J connectivity index is 2.34. The number of para-hydroxylation sites is 1. The number of hydrogen-bond donors (Lipinski definition) is 2. The Morgan fingerprint density at radius 2 is 2.00 bits per heavy atom. The van der Waals surface area contributed by atoms with Crippen molar-refractivity contribution >= 4 is 17.4 Å². The van der Waals surface area contributed by atoms with Crippen LogP contribution in [0.2, 0.25) is 0 Å². The molecule has 0 aliphatic rings. The highest BCUT2D eigenvalue weighted by Crippen LogP contribution is 2.21. The first kappa shape index (κ1) is 14.7. The second-order valence-electron chi connectivity index (χ2n) is 4.48. The zero-order valence-electron chi connectivity index (χ0n) is 11.1. The number of halogens is 2. The fourth-order valence-electron chi connectivity index (χ4n) is 1.92. The maximum absolute atomic E-state index is 13.8. The lowest BCUT2D eigenvalue weighted by Gasteiger charge is -2.23. The molecule has 5 nitrogen and oxygen atoms in total. The van der Waals surface area contributed by atoms with Gasteiger partial charge >= 0.3 is 0 Å². The summed E-state index contributed by atoms with van der Waals surface area (Å²) in [7, 11) is 0. The zero-order chi connectivity index (χ0) is 15.4. The topological polar surface area (TPSA) is 85.2 Å². The van der Waals surface area contributed by atoms with E-state index in [2.05, 4.69) is 4.98 Å². The molecule has 2 aromatic rings. The van der Waals surface area contributed by atoms with Crippen LogP contribution in [0.25, 0.3) is 0 Å². The standard InChI is InChI=1S/C14H14F2N4O/c15-10-5-11(16)14(19-6-10)20(8-13(18)21)7-9-3-1-2-4-12(9)17/h1-6H,7-8,17H2,(H2,18,21). The Labute approximate surface area is 120 Å². The number of hydrogen-bond acceptors (Lipinski definition) is 4. The molecule has 1 aromatic carbocycles. The van der Waals surface area contributed by atoms with Crippen molar-refractivity contribution in [1.82, 2.24) is 4.98 Å². The lowest BCUT2D eigenvalue weighted by Crippen LogP contribution is -2.34. The first-order valence-corrected chi connectivity index (χ1v) is 6.15. The number of pyridine rings is 1. The van der Waals surface area contributed by atoms with Gasteiger partial charge in [-0.3, -0.25) is 4.79 Å². The lowest BCUT2D eigenvalue weighted by atomic mass is 10.1. The average Bonchev–Trinajstić information content (AvgIpc) is 2.40. The van der Waals surface area contributed by atoms with E-state index in [-0.39, 0.29) is 18.9 Å². The summed E-state index contributed by atoms with van der Waals surface area (Å²) in [5, 5.41) is 0. The molecule has 1 heterocycles. The highest BCUT2D eigenvalue weighted by atomic mass is 19.1. The van der Waals surface area contributed by atoms with E-state index in [0.29, 0.717) is 17.3 Å². The van der Waals surface area contributed by atoms with Crippen LogP contribution in [0.4, 0.5) is 20.3 Å². The van der Waals surface area contributed by atoms with Crippen molar-refractivity contribution in [1.29, 1.82) is 0 Å². The van der Waals surface area contributed by atoms with Crippen LogP contribution in [0.1, 0.15) is 5.56 Å². The largest absolute Gasteiger partial charge is 0.398 e. The molecule has 0 saturated carbocycles. The van der Waals surface area contributed by atoms with Crippen molar-refractivity contribution in [2.24, 2.45) is 5.73 Å². The first-order valence-electron chi connectivity index (χ1n) is 6.15. The number of carbonyl (C=O) groups excluding carboxylic acids is 1. The highest BCUT2D eigenvalue weighted by Gasteiger charge is 2.17. The molecule has 21 heavy (non-hydrogen) atoms. The van der Waals surface area contributed by atoms with Gasteiger partial charge in [0.05, 0.1) is 12.7 Å². The number of nitrogen functional groups attached to an aromatic ring is 1. The van der Waals surface area contributed by atoms with Gasteiger partial charge in [-0.2, -0.15) is 0 Å². The predicted octanol–water partition coefficient (Wildman–Crippen LogP) is 1.43. The highest BCUT2D eigenvalue weighted by molar-refractivity contribution is 5.79. The predicted molar refractivity (Wildman–Crippen MR) is 75.3 cm³/mol. The van der Waals surface area contributed by atoms with E-state index >= 15 is 0 Å². The average molecular weight is 292 g/mol. The van der Waals surface area contributed by atoms with Crippen LogP contribution in [0.3, 0.4) is 0 Å². The molecule has 2 rings (SSSR count). The van der Waals surface area contributed by atoms with Crippen LogP contribution in [0.15, 0.2) is 36.5 Å². The number of anilines is 2. The van der Waals surface area contributed by atoms with Gasteiger partial charge in [0.15, 0.2) is 11.6 Å². The minimum absolute atomic E-state index is 0.130. The molecule has 0 saturated heterocycles. The van der Waals surface area contributed by atoms with E-state index in [1.54, 1.807) is 24.3 Å². The first-order chi connectivity index (χ1) is 9.97. The molecule has 0 radical (unpaired) electrons. The van der Waals surface area contributed by atoms with Gasteiger partial charge in [-0.1, -0.05) is 18.2 Å². The molecular formula is C14H14F2N4O. The zero-order valence-corrected chi connectivity index (χ0v) is 11.1. The molecule has 7 heteroatoms. The van der Waals surface area contributed by atoms with Crippen molar-refractivity contribution in [3.63, 3.8) is 0 Å². The van der Waals surface area contributed by atoms with Crippen molar-refractivity contribution in [2.75, 3.05) is 17.2 Å². The molecule has 1 aromatic heterocycles. The van der Waals surface area contributed by atoms with Crippen LogP contribution in [0, 0.1) is 11.6 Å². The Hall–Kier alpha value is -2.70. The molecule has 0 spiro atoms. The second kappa shape index (κ2) is 6.17. The number of benzene rings is 1. The number of primary amides is 1. The molecule has 110 valence electrons. The minimum atomic E-state index is -0.870. The van der Waals surface area contributed by atoms with Gasteiger partial charge in [-0.05, 0) is 11.6 Å². The van der Waals surface area contributed by atoms with Crippen LogP contribution in [-0.2, 0) is 11.3 Å². The summed E-state index contributed by atoms with van der Waals surface area (Å²) in [6.45, 7) is -0.130.